The van der Waals surface area contributed by atoms with Gasteiger partial charge in [0, 0.05) is 35.3 Å². The number of benzene rings is 4. The molecule has 8 rings (SSSR count). The van der Waals surface area contributed by atoms with Crippen molar-refractivity contribution in [1.82, 2.24) is 39.9 Å². The molecule has 8 aromatic rings. The van der Waals surface area contributed by atoms with Gasteiger partial charge in [-0.1, -0.05) is 117 Å². The van der Waals surface area contributed by atoms with E-state index >= 15 is 0 Å². The van der Waals surface area contributed by atoms with Crippen LogP contribution in [0.5, 0.6) is 23.0 Å². The van der Waals surface area contributed by atoms with Gasteiger partial charge in [0.15, 0.2) is 16.0 Å². The number of aromatic nitrogens is 8. The van der Waals surface area contributed by atoms with E-state index in [4.69, 9.17) is 45.5 Å². The molecule has 33 heteroatoms. The molecule has 2 N–H and O–H groups in total. The number of aromatic hydroxyl groups is 2. The van der Waals surface area contributed by atoms with Gasteiger partial charge in [0.2, 0.25) is 20.2 Å². The average molecular weight is 1440 g/mol. The smallest absolute Gasteiger partial charge is 0.433 e. The SMILES string of the molecule is C#CCBr.C#CCOc1cccc(-c2cc(C(F)(F)F)nc(S(C)(=O)=O)n2)c1.C#CCOc1cccc(-c2cc(C(F)(F)F)nc(S(C)=O)n2)c1.CSc1nc(-c2cccc(O)c2)cc(C(F)(F)F)n1.CSc1nc(Cl)cc(C(F)(F)F)n1.Cc1cccc(O)c1. The summed E-state index contributed by atoms with van der Waals surface area (Å²) < 4.78 is 197. The van der Waals surface area contributed by atoms with E-state index in [0.29, 0.717) is 45.8 Å². The van der Waals surface area contributed by atoms with Gasteiger partial charge in [-0.05, 0) is 91.7 Å². The zero-order chi connectivity index (χ0) is 68.5. The Morgan fingerprint density at radius 2 is 0.934 bits per heavy atom. The van der Waals surface area contributed by atoms with Crippen molar-refractivity contribution in [2.75, 3.05) is 43.6 Å². The van der Waals surface area contributed by atoms with Gasteiger partial charge < -0.3 is 19.7 Å². The summed E-state index contributed by atoms with van der Waals surface area (Å²) in [7, 11) is -5.77. The molecule has 1 atom stereocenters. The number of terminal acetylenes is 3. The van der Waals surface area contributed by atoms with Crippen molar-refractivity contribution in [3.8, 4) is 93.8 Å². The predicted octanol–water partition coefficient (Wildman–Crippen LogP) is 14.7. The first-order valence-electron chi connectivity index (χ1n) is 24.5. The van der Waals surface area contributed by atoms with E-state index in [-0.39, 0.29) is 62.2 Å². The number of nitrogens with zero attached hydrogens (tertiary/aromatic N) is 8. The van der Waals surface area contributed by atoms with Crippen molar-refractivity contribution >= 4 is 71.7 Å². The summed E-state index contributed by atoms with van der Waals surface area (Å²) >= 11 is 10.4. The maximum absolute atomic E-state index is 13.0. The van der Waals surface area contributed by atoms with Gasteiger partial charge >= 0.3 is 24.7 Å². The minimum Gasteiger partial charge on any atom is -0.508 e. The molecule has 0 saturated heterocycles. The molecule has 0 amide bonds. The van der Waals surface area contributed by atoms with Crippen LogP contribution in [-0.2, 0) is 45.3 Å². The fourth-order valence-corrected chi connectivity index (χ4v) is 8.18. The van der Waals surface area contributed by atoms with Gasteiger partial charge in [-0.3, -0.25) is 4.21 Å². The van der Waals surface area contributed by atoms with Gasteiger partial charge in [0.05, 0.1) is 33.2 Å². The van der Waals surface area contributed by atoms with Crippen LogP contribution in [0.4, 0.5) is 52.7 Å². The number of thioether (sulfide) groups is 2. The first-order chi connectivity index (χ1) is 42.4. The summed E-state index contributed by atoms with van der Waals surface area (Å²) in [4.78, 5) is 28.3. The van der Waals surface area contributed by atoms with E-state index in [9.17, 15) is 70.4 Å². The molecule has 4 heterocycles. The normalized spacial score (nSPS) is 11.4. The molecule has 0 aliphatic heterocycles. The van der Waals surface area contributed by atoms with E-state index < -0.39 is 73.3 Å². The Balaban J connectivity index is 0.000000303. The fraction of sp³-hybridized carbons (Fsp3) is 0.207. The van der Waals surface area contributed by atoms with Crippen LogP contribution >= 0.6 is 51.1 Å². The third-order valence-electron chi connectivity index (χ3n) is 10.0. The molecule has 482 valence electrons. The van der Waals surface area contributed by atoms with Gasteiger partial charge in [-0.2, -0.15) is 52.7 Å². The molecular weight excluding hydrogens is 1390 g/mol. The lowest BCUT2D eigenvalue weighted by atomic mass is 10.1. The van der Waals surface area contributed by atoms with Gasteiger partial charge in [-0.15, -0.1) is 19.3 Å². The van der Waals surface area contributed by atoms with Crippen LogP contribution in [0, 0.1) is 44.0 Å². The van der Waals surface area contributed by atoms with Gasteiger partial charge in [0.1, 0.15) is 58.4 Å². The summed E-state index contributed by atoms with van der Waals surface area (Å²) in [6.07, 6.45) is 1.54. The third-order valence-corrected chi connectivity index (χ3v) is 13.2. The monoisotopic (exact) mass is 1440 g/mol. The molecule has 0 aliphatic carbocycles. The Bertz CT molecular complexity index is 4000. The summed E-state index contributed by atoms with van der Waals surface area (Å²) in [6.45, 7) is 1.96. The number of phenolic OH excluding ortho intramolecular Hbond substituents is 2. The number of ether oxygens (including phenoxy) is 2. The van der Waals surface area contributed by atoms with E-state index in [1.807, 2.05) is 19.1 Å². The summed E-state index contributed by atoms with van der Waals surface area (Å²) in [5.41, 5.74) is -2.46. The number of phenols is 2. The molecule has 15 nitrogen and oxygen atoms in total. The lowest BCUT2D eigenvalue weighted by molar-refractivity contribution is -0.142. The molecule has 0 spiro atoms. The van der Waals surface area contributed by atoms with Crippen LogP contribution in [0.2, 0.25) is 5.15 Å². The molecule has 0 radical (unpaired) electrons. The van der Waals surface area contributed by atoms with Gasteiger partial charge in [-0.25, -0.2) is 48.3 Å². The molecule has 91 heavy (non-hydrogen) atoms. The van der Waals surface area contributed by atoms with Crippen LogP contribution in [-0.4, -0.2) is 106 Å². The van der Waals surface area contributed by atoms with Crippen LogP contribution in [0.25, 0.3) is 33.8 Å². The minimum absolute atomic E-state index is 0.00341. The van der Waals surface area contributed by atoms with Crippen molar-refractivity contribution < 1.29 is 85.0 Å². The number of sulfone groups is 1. The molecule has 0 fully saturated rings. The summed E-state index contributed by atoms with van der Waals surface area (Å²) in [5, 5.41) is 17.4. The molecule has 0 aliphatic rings. The second-order valence-corrected chi connectivity index (χ2v) is 22.7. The van der Waals surface area contributed by atoms with Crippen LogP contribution in [0.3, 0.4) is 0 Å². The first-order valence-corrected chi connectivity index (χ1v) is 31.9. The molecular formula is C58H46BrClF12N8O7S4. The van der Waals surface area contributed by atoms with Gasteiger partial charge in [0.25, 0.3) is 0 Å². The Labute approximate surface area is 537 Å². The maximum Gasteiger partial charge on any atom is 0.433 e. The van der Waals surface area contributed by atoms with Crippen molar-refractivity contribution in [1.29, 1.82) is 0 Å². The minimum atomic E-state index is -4.81. The number of hydrogen-bond donors (Lipinski definition) is 2. The molecule has 4 aromatic heterocycles. The highest BCUT2D eigenvalue weighted by Gasteiger charge is 2.37. The average Bonchev–Trinajstić information content (AvgIpc) is 0.966. The van der Waals surface area contributed by atoms with E-state index in [1.54, 1.807) is 61.0 Å². The second kappa shape index (κ2) is 35.4. The van der Waals surface area contributed by atoms with Crippen LogP contribution in [0.1, 0.15) is 28.3 Å². The topological polar surface area (TPSA) is 213 Å². The molecule has 0 saturated carbocycles. The maximum atomic E-state index is 13.0. The second-order valence-electron chi connectivity index (χ2n) is 17.0. The highest BCUT2D eigenvalue weighted by atomic mass is 79.9. The zero-order valence-corrected chi connectivity index (χ0v) is 52.9. The lowest BCUT2D eigenvalue weighted by Gasteiger charge is -2.10. The largest absolute Gasteiger partial charge is 0.508 e. The standard InChI is InChI=1S/C15H11F3N2O3S.C15H11F3N2O2S.C12H9F3N2OS.C7H8O.C6H4ClF3N2S.C3H3Br/c1-3-7-23-11-6-4-5-10(8-11)12-9-13(15(16,17)18)20-14(19-12)24(2,21)22;1-3-7-22-11-6-4-5-10(8-11)12-9-13(15(16,17)18)20-14(19-12)23(2)21;1-19-11-16-9(6-10(17-11)12(13,14)15)7-3-2-4-8(18)5-7;1-6-3-2-4-7(8)5-6;1-13-5-11-3(6(8,9)10)2-4(7)12-5;1-2-3-4/h1,4-6,8-9H,7H2,2H3;1,4-6,8-9H,7H2,2H3;2-6,18H,1H3;2-5,8H,1H3;2H,1H3;1H,3H2. The van der Waals surface area contributed by atoms with Crippen molar-refractivity contribution in [3.05, 3.63) is 155 Å². The number of halogens is 14. The first kappa shape index (κ1) is 77.1. The quantitative estimate of drug-likeness (QED) is 0.0308. The van der Waals surface area contributed by atoms with Crippen LogP contribution in [0.15, 0.2) is 142 Å². The summed E-state index contributed by atoms with van der Waals surface area (Å²) in [5.74, 6) is 7.92. The molecule has 1 unspecified atom stereocenters. The third kappa shape index (κ3) is 27.0. The van der Waals surface area contributed by atoms with Crippen molar-refractivity contribution in [2.24, 2.45) is 0 Å². The fourth-order valence-electron chi connectivity index (χ4n) is 6.21. The van der Waals surface area contributed by atoms with E-state index in [1.165, 1.54) is 42.7 Å². The lowest BCUT2D eigenvalue weighted by Crippen LogP contribution is -2.14. The van der Waals surface area contributed by atoms with Crippen LogP contribution < -0.4 is 9.47 Å². The number of alkyl halides is 13. The Morgan fingerprint density at radius 1 is 0.549 bits per heavy atom. The Hall–Kier alpha value is -8.19. The Morgan fingerprint density at radius 3 is 1.32 bits per heavy atom. The van der Waals surface area contributed by atoms with E-state index in [0.717, 1.165) is 47.5 Å². The number of rotatable bonds is 11. The Kier molecular flexibility index (Phi) is 30.0. The highest BCUT2D eigenvalue weighted by molar-refractivity contribution is 9.09. The highest BCUT2D eigenvalue weighted by Crippen LogP contribution is 2.36. The predicted molar refractivity (Wildman–Crippen MR) is 324 cm³/mol. The number of hydrogen-bond acceptors (Lipinski definition) is 17. The van der Waals surface area contributed by atoms with Crippen molar-refractivity contribution in [2.45, 2.75) is 52.3 Å². The zero-order valence-electron chi connectivity index (χ0n) is 47.3. The van der Waals surface area contributed by atoms with E-state index in [2.05, 4.69) is 73.6 Å². The molecule has 4 aromatic carbocycles. The summed E-state index contributed by atoms with van der Waals surface area (Å²) in [6, 6.07) is 28.3. The molecule has 0 bridgehead atoms. The number of aryl methyl sites for hydroxylation is 1. The van der Waals surface area contributed by atoms with Crippen molar-refractivity contribution in [3.63, 3.8) is 0 Å².